The van der Waals surface area contributed by atoms with Crippen LogP contribution in [0.4, 0.5) is 0 Å². The summed E-state index contributed by atoms with van der Waals surface area (Å²) in [6, 6.07) is 3.23. The quantitative estimate of drug-likeness (QED) is 0.377. The molecule has 11 heteroatoms. The third-order valence-electron chi connectivity index (χ3n) is 8.01. The summed E-state index contributed by atoms with van der Waals surface area (Å²) in [4.78, 5) is 30.2. The molecule has 3 N–H and O–H groups in total. The van der Waals surface area contributed by atoms with Crippen LogP contribution in [0.1, 0.15) is 51.5 Å². The van der Waals surface area contributed by atoms with E-state index < -0.39 is 35.6 Å². The minimum atomic E-state index is -0.912. The average molecular weight is 550 g/mol. The molecule has 0 radical (unpaired) electrons. The van der Waals surface area contributed by atoms with E-state index in [1.807, 2.05) is 30.9 Å². The van der Waals surface area contributed by atoms with Crippen LogP contribution in [0.5, 0.6) is 17.2 Å². The Bertz CT molecular complexity index is 1010. The molecule has 1 aromatic carbocycles. The molecule has 4 rings (SSSR count). The molecule has 3 aliphatic rings. The second-order valence-electron chi connectivity index (χ2n) is 11.2. The minimum Gasteiger partial charge on any atom is -0.493 e. The van der Waals surface area contributed by atoms with Crippen molar-refractivity contribution in [2.24, 2.45) is 17.1 Å². The Morgan fingerprint density at radius 2 is 1.95 bits per heavy atom. The molecule has 3 atom stereocenters. The van der Waals surface area contributed by atoms with Crippen LogP contribution in [-0.4, -0.2) is 99.0 Å². The topological polar surface area (TPSA) is 133 Å². The van der Waals surface area contributed by atoms with Gasteiger partial charge >= 0.3 is 5.97 Å². The maximum absolute atomic E-state index is 13.5. The Kier molecular flexibility index (Phi) is 9.58. The first-order valence-corrected chi connectivity index (χ1v) is 13.9. The third kappa shape index (κ3) is 6.42. The van der Waals surface area contributed by atoms with Gasteiger partial charge < -0.3 is 39.4 Å². The number of fused-ring (bicyclic) bond motifs is 1. The molecule has 0 saturated carbocycles. The standard InChI is InChI=1S/C28H43N3O8/c1-5-6-8-30(9-7-29)23(32)16-31-15-19(18-12-21(35-4)25-22(13-18)38-17-39-25)24(26(33)34)20(31)14-28(2,3)27-36-10-11-37-27/h12-13,19-20,24,27H,5-11,14-17,29H2,1-4H3,(H,33,34). The highest BCUT2D eigenvalue weighted by atomic mass is 16.7. The largest absolute Gasteiger partial charge is 0.493 e. The number of carboxylic acids is 1. The molecule has 0 aliphatic carbocycles. The van der Waals surface area contributed by atoms with E-state index >= 15 is 0 Å². The van der Waals surface area contributed by atoms with Crippen molar-refractivity contribution in [3.63, 3.8) is 0 Å². The third-order valence-corrected chi connectivity index (χ3v) is 8.01. The van der Waals surface area contributed by atoms with E-state index in [0.717, 1.165) is 18.4 Å². The van der Waals surface area contributed by atoms with Crippen molar-refractivity contribution < 1.29 is 38.4 Å². The number of nitrogens with two attached hydrogens (primary N) is 1. The Labute approximate surface area is 230 Å². The molecule has 11 nitrogen and oxygen atoms in total. The summed E-state index contributed by atoms with van der Waals surface area (Å²) in [7, 11) is 1.55. The molecule has 2 fully saturated rings. The zero-order valence-electron chi connectivity index (χ0n) is 23.5. The van der Waals surface area contributed by atoms with Gasteiger partial charge in [0.15, 0.2) is 17.8 Å². The molecule has 2 saturated heterocycles. The number of hydrogen-bond donors (Lipinski definition) is 2. The number of benzene rings is 1. The molecule has 3 aliphatic heterocycles. The van der Waals surface area contributed by atoms with E-state index in [0.29, 0.717) is 63.1 Å². The summed E-state index contributed by atoms with van der Waals surface area (Å²) >= 11 is 0. The van der Waals surface area contributed by atoms with Crippen LogP contribution in [0, 0.1) is 11.3 Å². The number of carboxylic acid groups (broad SMARTS) is 1. The van der Waals surface area contributed by atoms with Crippen molar-refractivity contribution in [2.45, 2.75) is 58.3 Å². The average Bonchev–Trinajstić information content (AvgIpc) is 3.66. The lowest BCUT2D eigenvalue weighted by Crippen LogP contribution is -2.48. The van der Waals surface area contributed by atoms with Crippen LogP contribution >= 0.6 is 0 Å². The maximum atomic E-state index is 13.5. The van der Waals surface area contributed by atoms with Gasteiger partial charge in [-0.2, -0.15) is 0 Å². The summed E-state index contributed by atoms with van der Waals surface area (Å²) in [5.41, 5.74) is 6.11. The molecule has 1 amide bonds. The number of methoxy groups -OCH3 is 1. The Morgan fingerprint density at radius 1 is 1.21 bits per heavy atom. The van der Waals surface area contributed by atoms with Gasteiger partial charge in [-0.3, -0.25) is 14.5 Å². The fraction of sp³-hybridized carbons (Fsp3) is 0.714. The van der Waals surface area contributed by atoms with Crippen LogP contribution in [0.25, 0.3) is 0 Å². The molecular weight excluding hydrogens is 506 g/mol. The second-order valence-corrected chi connectivity index (χ2v) is 11.2. The second kappa shape index (κ2) is 12.7. The van der Waals surface area contributed by atoms with Crippen molar-refractivity contribution in [3.05, 3.63) is 17.7 Å². The van der Waals surface area contributed by atoms with Crippen LogP contribution in [0.2, 0.25) is 0 Å². The summed E-state index contributed by atoms with van der Waals surface area (Å²) < 4.78 is 28.4. The number of carbonyl (C=O) groups is 2. The van der Waals surface area contributed by atoms with Gasteiger partial charge in [0, 0.05) is 43.6 Å². The number of aliphatic carboxylic acids is 1. The molecular formula is C28H43N3O8. The molecule has 218 valence electrons. The van der Waals surface area contributed by atoms with Gasteiger partial charge in [0.2, 0.25) is 18.4 Å². The zero-order valence-corrected chi connectivity index (χ0v) is 23.5. The van der Waals surface area contributed by atoms with E-state index in [1.165, 1.54) is 0 Å². The summed E-state index contributed by atoms with van der Waals surface area (Å²) in [6.07, 6.45) is 1.89. The van der Waals surface area contributed by atoms with Crippen LogP contribution < -0.4 is 19.9 Å². The molecule has 39 heavy (non-hydrogen) atoms. The van der Waals surface area contributed by atoms with Crippen LogP contribution in [-0.2, 0) is 19.1 Å². The van der Waals surface area contributed by atoms with Gasteiger partial charge in [0.1, 0.15) is 0 Å². The van der Waals surface area contributed by atoms with Crippen molar-refractivity contribution in [1.29, 1.82) is 0 Å². The number of hydrogen-bond acceptors (Lipinski definition) is 9. The van der Waals surface area contributed by atoms with Crippen molar-refractivity contribution in [1.82, 2.24) is 9.80 Å². The van der Waals surface area contributed by atoms with Crippen molar-refractivity contribution in [3.8, 4) is 17.2 Å². The van der Waals surface area contributed by atoms with E-state index in [4.69, 9.17) is 29.4 Å². The highest BCUT2D eigenvalue weighted by Gasteiger charge is 2.51. The maximum Gasteiger partial charge on any atom is 0.308 e. The minimum absolute atomic E-state index is 0.0434. The molecule has 3 heterocycles. The van der Waals surface area contributed by atoms with Gasteiger partial charge in [-0.15, -0.1) is 0 Å². The van der Waals surface area contributed by atoms with Gasteiger partial charge in [-0.05, 0) is 30.5 Å². The van der Waals surface area contributed by atoms with Gasteiger partial charge in [-0.25, -0.2) is 0 Å². The Morgan fingerprint density at radius 3 is 2.59 bits per heavy atom. The fourth-order valence-electron chi connectivity index (χ4n) is 6.03. The number of likely N-dealkylation sites (tertiary alicyclic amines) is 1. The highest BCUT2D eigenvalue weighted by Crippen LogP contribution is 2.48. The summed E-state index contributed by atoms with van der Waals surface area (Å²) in [5.74, 6) is -0.590. The normalized spacial score (nSPS) is 23.4. The van der Waals surface area contributed by atoms with Crippen LogP contribution in [0.15, 0.2) is 12.1 Å². The first-order valence-electron chi connectivity index (χ1n) is 13.9. The van der Waals surface area contributed by atoms with Crippen LogP contribution in [0.3, 0.4) is 0 Å². The molecule has 0 spiro atoms. The number of nitrogens with zero attached hydrogens (tertiary/aromatic N) is 2. The smallest absolute Gasteiger partial charge is 0.308 e. The van der Waals surface area contributed by atoms with Gasteiger partial charge in [0.25, 0.3) is 0 Å². The first kappa shape index (κ1) is 29.4. The van der Waals surface area contributed by atoms with Crippen molar-refractivity contribution >= 4 is 11.9 Å². The summed E-state index contributed by atoms with van der Waals surface area (Å²) in [5, 5.41) is 10.6. The van der Waals surface area contributed by atoms with Crippen molar-refractivity contribution in [2.75, 3.05) is 59.8 Å². The zero-order chi connectivity index (χ0) is 28.2. The van der Waals surface area contributed by atoms with E-state index in [2.05, 4.69) is 6.92 Å². The van der Waals surface area contributed by atoms with E-state index in [1.54, 1.807) is 12.0 Å². The SMILES string of the molecule is CCCCN(CCN)C(=O)CN1CC(c2cc(OC)c3c(c2)OCO3)C(C(=O)O)C1CC(C)(C)C1OCCO1. The molecule has 0 bridgehead atoms. The van der Waals surface area contributed by atoms with Gasteiger partial charge in [0.05, 0.1) is 32.8 Å². The predicted octanol–water partition coefficient (Wildman–Crippen LogP) is 2.27. The Hall–Kier alpha value is -2.60. The van der Waals surface area contributed by atoms with E-state index in [9.17, 15) is 14.7 Å². The number of ether oxygens (including phenoxy) is 5. The first-order chi connectivity index (χ1) is 18.7. The molecule has 1 aromatic rings. The number of carbonyl (C=O) groups excluding carboxylic acids is 1. The highest BCUT2D eigenvalue weighted by molar-refractivity contribution is 5.79. The lowest BCUT2D eigenvalue weighted by molar-refractivity contribution is -0.148. The predicted molar refractivity (Wildman–Crippen MR) is 143 cm³/mol. The fourth-order valence-corrected chi connectivity index (χ4v) is 6.03. The number of amides is 1. The Balaban J connectivity index is 1.67. The van der Waals surface area contributed by atoms with Gasteiger partial charge in [-0.1, -0.05) is 27.2 Å². The lowest BCUT2D eigenvalue weighted by atomic mass is 9.77. The summed E-state index contributed by atoms with van der Waals surface area (Å²) in [6.45, 7) is 9.21. The molecule has 0 aromatic heterocycles. The lowest BCUT2D eigenvalue weighted by Gasteiger charge is -2.37. The monoisotopic (exact) mass is 549 g/mol. The molecule has 3 unspecified atom stereocenters. The number of unbranched alkanes of at least 4 members (excludes halogenated alkanes) is 1. The number of rotatable bonds is 13. The van der Waals surface area contributed by atoms with E-state index in [-0.39, 0.29) is 19.2 Å².